The zero-order valence-corrected chi connectivity index (χ0v) is 19.6. The van der Waals surface area contributed by atoms with Gasteiger partial charge >= 0.3 is 11.9 Å². The molecule has 1 aromatic carbocycles. The smallest absolute Gasteiger partial charge is 0.355 e. The fourth-order valence-electron chi connectivity index (χ4n) is 5.14. The van der Waals surface area contributed by atoms with Crippen LogP contribution in [0.5, 0.6) is 0 Å². The number of ether oxygens (including phenoxy) is 2. The maximum absolute atomic E-state index is 13.6. The van der Waals surface area contributed by atoms with Crippen molar-refractivity contribution >= 4 is 22.8 Å². The van der Waals surface area contributed by atoms with Crippen molar-refractivity contribution in [3.8, 4) is 11.4 Å². The van der Waals surface area contributed by atoms with Gasteiger partial charge in [-0.15, -0.1) is 0 Å². The molecule has 3 aromatic rings. The van der Waals surface area contributed by atoms with Crippen LogP contribution in [0.4, 0.5) is 8.78 Å². The Morgan fingerprint density at radius 3 is 2.63 bits per heavy atom. The van der Waals surface area contributed by atoms with Crippen molar-refractivity contribution in [1.29, 1.82) is 0 Å². The van der Waals surface area contributed by atoms with Crippen molar-refractivity contribution in [3.05, 3.63) is 62.4 Å². The van der Waals surface area contributed by atoms with Gasteiger partial charge in [-0.1, -0.05) is 26.8 Å². The minimum Gasteiger partial charge on any atom is -0.457 e. The van der Waals surface area contributed by atoms with Crippen LogP contribution >= 0.6 is 0 Å². The van der Waals surface area contributed by atoms with Gasteiger partial charge in [-0.25, -0.2) is 18.6 Å². The molecule has 0 aliphatic carbocycles. The molecule has 0 spiro atoms. The lowest BCUT2D eigenvalue weighted by Gasteiger charge is -2.35. The summed E-state index contributed by atoms with van der Waals surface area (Å²) in [4.78, 5) is 43.5. The fourth-order valence-corrected chi connectivity index (χ4v) is 5.14. The highest BCUT2D eigenvalue weighted by atomic mass is 19.3. The topological polar surface area (TPSA) is 87.5 Å². The van der Waals surface area contributed by atoms with Crippen molar-refractivity contribution in [2.24, 2.45) is 0 Å². The maximum Gasteiger partial charge on any atom is 0.355 e. The molecule has 0 fully saturated rings. The predicted molar refractivity (Wildman–Crippen MR) is 123 cm³/mol. The zero-order chi connectivity index (χ0) is 25.1. The lowest BCUT2D eigenvalue weighted by Crippen LogP contribution is -2.47. The summed E-state index contributed by atoms with van der Waals surface area (Å²) in [7, 11) is 0. The van der Waals surface area contributed by atoms with E-state index in [0.29, 0.717) is 34.3 Å². The molecule has 2 aliphatic heterocycles. The number of aromatic nitrogens is 2. The molecule has 9 heteroatoms. The lowest BCUT2D eigenvalue weighted by atomic mass is 9.85. The van der Waals surface area contributed by atoms with E-state index in [1.165, 1.54) is 12.1 Å². The Bertz CT molecular complexity index is 1460. The first-order valence-electron chi connectivity index (χ1n) is 11.7. The van der Waals surface area contributed by atoms with E-state index in [2.05, 4.69) is 0 Å². The summed E-state index contributed by atoms with van der Waals surface area (Å²) in [5.41, 5.74) is 1.65. The molecular weight excluding hydrogens is 458 g/mol. The molecule has 0 N–H and O–H groups in total. The summed E-state index contributed by atoms with van der Waals surface area (Å²) in [6.07, 6.45) is -1.88. The Balaban J connectivity index is 1.77. The van der Waals surface area contributed by atoms with Gasteiger partial charge < -0.3 is 14.0 Å². The number of halogens is 2. The first-order valence-corrected chi connectivity index (χ1v) is 11.7. The molecule has 1 atom stereocenters. The number of hydrogen-bond acceptors (Lipinski definition) is 6. The highest BCUT2D eigenvalue weighted by Crippen LogP contribution is 2.42. The molecule has 7 nitrogen and oxygen atoms in total. The van der Waals surface area contributed by atoms with Crippen LogP contribution in [0.1, 0.15) is 67.9 Å². The van der Waals surface area contributed by atoms with Crippen LogP contribution in [0.3, 0.4) is 0 Å². The Morgan fingerprint density at radius 2 is 1.97 bits per heavy atom. The normalized spacial score (nSPS) is 18.3. The number of alkyl halides is 2. The molecule has 0 radical (unpaired) electrons. The van der Waals surface area contributed by atoms with Crippen molar-refractivity contribution in [3.63, 3.8) is 0 Å². The van der Waals surface area contributed by atoms with Crippen molar-refractivity contribution in [2.45, 2.75) is 65.2 Å². The first kappa shape index (κ1) is 23.1. The standard InChI is InChI=1S/C26H24F2N2O5/c1-4-14-15-9-13(23(27)28)7-8-19(15)29-22-16(14)11-30-20(22)10-18-17(24(30)32)12-34-25(33)26(18,6-3)35-21(31)5-2/h7-10,23H,4-6,11-12H2,1-3H3/t26-/m0/s1. The lowest BCUT2D eigenvalue weighted by molar-refractivity contribution is -0.189. The zero-order valence-electron chi connectivity index (χ0n) is 19.6. The van der Waals surface area contributed by atoms with Crippen LogP contribution in [0.2, 0.25) is 0 Å². The number of pyridine rings is 2. The molecule has 0 amide bonds. The van der Waals surface area contributed by atoms with Crippen LogP contribution in [-0.4, -0.2) is 21.5 Å². The quantitative estimate of drug-likeness (QED) is 0.388. The number of benzene rings is 1. The molecule has 0 saturated heterocycles. The predicted octanol–water partition coefficient (Wildman–Crippen LogP) is 4.54. The van der Waals surface area contributed by atoms with Crippen molar-refractivity contribution < 1.29 is 27.8 Å². The Kier molecular flexibility index (Phi) is 5.45. The average molecular weight is 482 g/mol. The van der Waals surface area contributed by atoms with Crippen LogP contribution in [0.25, 0.3) is 22.3 Å². The van der Waals surface area contributed by atoms with E-state index in [4.69, 9.17) is 14.5 Å². The van der Waals surface area contributed by atoms with Crippen LogP contribution in [0, 0.1) is 0 Å². The number of aryl methyl sites for hydroxylation is 1. The van der Waals surface area contributed by atoms with Gasteiger partial charge in [-0.3, -0.25) is 9.59 Å². The number of rotatable bonds is 5. The van der Waals surface area contributed by atoms with E-state index in [-0.39, 0.29) is 42.7 Å². The average Bonchev–Trinajstić information content (AvgIpc) is 3.22. The van der Waals surface area contributed by atoms with Gasteiger partial charge in [0.15, 0.2) is 0 Å². The largest absolute Gasteiger partial charge is 0.457 e. The molecule has 0 bridgehead atoms. The minimum atomic E-state index is -2.60. The Hall–Kier alpha value is -3.62. The summed E-state index contributed by atoms with van der Waals surface area (Å²) in [6.45, 7) is 5.25. The molecule has 5 rings (SSSR count). The Morgan fingerprint density at radius 1 is 1.20 bits per heavy atom. The minimum absolute atomic E-state index is 0.0606. The molecule has 2 aromatic heterocycles. The summed E-state index contributed by atoms with van der Waals surface area (Å²) in [5.74, 6) is -1.29. The molecule has 4 heterocycles. The molecule has 2 aliphatic rings. The van der Waals surface area contributed by atoms with Gasteiger partial charge in [-0.2, -0.15) is 0 Å². The van der Waals surface area contributed by atoms with Gasteiger partial charge in [0.05, 0.1) is 29.0 Å². The monoisotopic (exact) mass is 482 g/mol. The molecule has 0 saturated carbocycles. The van der Waals surface area contributed by atoms with E-state index >= 15 is 0 Å². The van der Waals surface area contributed by atoms with Crippen LogP contribution in [-0.2, 0) is 44.2 Å². The second-order valence-electron chi connectivity index (χ2n) is 8.75. The van der Waals surface area contributed by atoms with Crippen molar-refractivity contribution in [1.82, 2.24) is 9.55 Å². The van der Waals surface area contributed by atoms with Gasteiger partial charge in [0, 0.05) is 28.5 Å². The molecule has 35 heavy (non-hydrogen) atoms. The highest BCUT2D eigenvalue weighted by Gasteiger charge is 2.50. The molecule has 0 unspecified atom stereocenters. The third-order valence-corrected chi connectivity index (χ3v) is 6.98. The van der Waals surface area contributed by atoms with E-state index in [1.807, 2.05) is 6.92 Å². The second-order valence-corrected chi connectivity index (χ2v) is 8.75. The Labute approximate surface area is 199 Å². The second kappa shape index (κ2) is 8.25. The number of fused-ring (bicyclic) bond motifs is 5. The van der Waals surface area contributed by atoms with Gasteiger partial charge in [0.2, 0.25) is 5.60 Å². The third kappa shape index (κ3) is 3.28. The van der Waals surface area contributed by atoms with E-state index in [0.717, 1.165) is 11.1 Å². The van der Waals surface area contributed by atoms with Crippen LogP contribution in [0.15, 0.2) is 29.1 Å². The summed E-state index contributed by atoms with van der Waals surface area (Å²) in [5, 5.41) is 0.632. The highest BCUT2D eigenvalue weighted by molar-refractivity contribution is 5.90. The van der Waals surface area contributed by atoms with Crippen LogP contribution < -0.4 is 5.56 Å². The number of cyclic esters (lactones) is 1. The van der Waals surface area contributed by atoms with Gasteiger partial charge in [0.25, 0.3) is 12.0 Å². The molecular formula is C26H24F2N2O5. The molecule has 182 valence electrons. The van der Waals surface area contributed by atoms with E-state index in [1.54, 1.807) is 30.5 Å². The van der Waals surface area contributed by atoms with Crippen molar-refractivity contribution in [2.75, 3.05) is 0 Å². The SMILES string of the molecule is CCC(=O)O[C@]1(CC)C(=O)OCc2c1cc1n(c2=O)Cc2c-1nc1ccc(C(F)F)cc1c2CC. The van der Waals surface area contributed by atoms with Gasteiger partial charge in [0.1, 0.15) is 6.61 Å². The van der Waals surface area contributed by atoms with Gasteiger partial charge in [-0.05, 0) is 36.6 Å². The first-order chi connectivity index (χ1) is 16.7. The summed E-state index contributed by atoms with van der Waals surface area (Å²) < 4.78 is 39.2. The van der Waals surface area contributed by atoms with E-state index in [9.17, 15) is 23.2 Å². The number of carbonyl (C=O) groups excluding carboxylic acids is 2. The summed E-state index contributed by atoms with van der Waals surface area (Å²) >= 11 is 0. The third-order valence-electron chi connectivity index (χ3n) is 6.98. The number of carbonyl (C=O) groups is 2. The maximum atomic E-state index is 13.6. The summed E-state index contributed by atoms with van der Waals surface area (Å²) in [6, 6.07) is 6.07. The number of esters is 2. The number of nitrogens with zero attached hydrogens (tertiary/aromatic N) is 2. The number of hydrogen-bond donors (Lipinski definition) is 0. The van der Waals surface area contributed by atoms with E-state index < -0.39 is 24.0 Å². The fraction of sp³-hybridized carbons (Fsp3) is 0.385.